The fraction of sp³-hybridized carbons (Fsp3) is 0.348. The first-order valence-electron chi connectivity index (χ1n) is 10.4. The molecule has 0 aliphatic carbocycles. The summed E-state index contributed by atoms with van der Waals surface area (Å²) in [5.41, 5.74) is 2.85. The Morgan fingerprint density at radius 3 is 2.47 bits per heavy atom. The highest BCUT2D eigenvalue weighted by molar-refractivity contribution is 6.55. The normalized spacial score (nSPS) is 17.1. The van der Waals surface area contributed by atoms with Crippen LogP contribution in [0.3, 0.4) is 0 Å². The number of hydrogen-bond acceptors (Lipinski definition) is 5. The number of rotatable bonds is 5. The fourth-order valence-electron chi connectivity index (χ4n) is 4.06. The van der Waals surface area contributed by atoms with Gasteiger partial charge in [0.25, 0.3) is 5.78 Å². The molecule has 0 spiro atoms. The molecule has 9 heteroatoms. The van der Waals surface area contributed by atoms with Crippen LogP contribution in [0, 0.1) is 19.7 Å². The lowest BCUT2D eigenvalue weighted by Gasteiger charge is -2.36. The van der Waals surface area contributed by atoms with Crippen LogP contribution in [0.1, 0.15) is 21.5 Å². The Morgan fingerprint density at radius 1 is 1.06 bits per heavy atom. The van der Waals surface area contributed by atoms with Crippen LogP contribution in [0.4, 0.5) is 15.8 Å². The summed E-state index contributed by atoms with van der Waals surface area (Å²) in [5.74, 6) is -2.29. The summed E-state index contributed by atoms with van der Waals surface area (Å²) in [6.07, 6.45) is 0. The van der Waals surface area contributed by atoms with Crippen molar-refractivity contribution in [2.24, 2.45) is 0 Å². The summed E-state index contributed by atoms with van der Waals surface area (Å²) in [4.78, 5) is 42.3. The SMILES string of the molecule is Cc1cccc(NC(=O)CN2CCN(CN3C(=O)C(=O)c4c(Cl)ccc(F)c43)CC2)c1C. The number of halogens is 2. The monoisotopic (exact) mass is 458 g/mol. The van der Waals surface area contributed by atoms with E-state index < -0.39 is 17.5 Å². The highest BCUT2D eigenvalue weighted by atomic mass is 35.5. The number of benzene rings is 2. The van der Waals surface area contributed by atoms with E-state index in [0.717, 1.165) is 27.8 Å². The smallest absolute Gasteiger partial charge is 0.300 e. The number of fused-ring (bicyclic) bond motifs is 1. The first-order valence-corrected chi connectivity index (χ1v) is 10.8. The fourth-order valence-corrected chi connectivity index (χ4v) is 4.29. The van der Waals surface area contributed by atoms with Crippen molar-refractivity contribution in [1.82, 2.24) is 9.80 Å². The van der Waals surface area contributed by atoms with Crippen LogP contribution >= 0.6 is 11.6 Å². The molecule has 0 bridgehead atoms. The van der Waals surface area contributed by atoms with Gasteiger partial charge in [0.15, 0.2) is 0 Å². The van der Waals surface area contributed by atoms with Gasteiger partial charge in [0.1, 0.15) is 5.82 Å². The van der Waals surface area contributed by atoms with E-state index in [1.807, 2.05) is 41.8 Å². The minimum absolute atomic E-state index is 0.0529. The van der Waals surface area contributed by atoms with Crippen LogP contribution in [0.15, 0.2) is 30.3 Å². The van der Waals surface area contributed by atoms with Crippen LogP contribution in [-0.4, -0.2) is 66.8 Å². The molecule has 2 amide bonds. The van der Waals surface area contributed by atoms with E-state index in [4.69, 9.17) is 11.6 Å². The van der Waals surface area contributed by atoms with Crippen LogP contribution in [0.25, 0.3) is 0 Å². The Morgan fingerprint density at radius 2 is 1.75 bits per heavy atom. The molecule has 2 aromatic rings. The third-order valence-corrected chi connectivity index (χ3v) is 6.38. The average Bonchev–Trinajstić information content (AvgIpc) is 3.01. The highest BCUT2D eigenvalue weighted by Gasteiger charge is 2.40. The first kappa shape index (κ1) is 22.4. The summed E-state index contributed by atoms with van der Waals surface area (Å²) in [5, 5.41) is 3.03. The van der Waals surface area contributed by atoms with E-state index in [0.29, 0.717) is 26.2 Å². The second-order valence-electron chi connectivity index (χ2n) is 8.15. The van der Waals surface area contributed by atoms with Crippen molar-refractivity contribution in [2.45, 2.75) is 13.8 Å². The summed E-state index contributed by atoms with van der Waals surface area (Å²) in [7, 11) is 0. The molecule has 0 unspecified atom stereocenters. The summed E-state index contributed by atoms with van der Waals surface area (Å²) in [6.45, 7) is 6.71. The van der Waals surface area contributed by atoms with E-state index in [9.17, 15) is 18.8 Å². The molecule has 0 atom stereocenters. The van der Waals surface area contributed by atoms with E-state index in [-0.39, 0.29) is 35.4 Å². The van der Waals surface area contributed by atoms with E-state index in [2.05, 4.69) is 5.32 Å². The Bertz CT molecular complexity index is 1100. The Balaban J connectivity index is 1.34. The molecule has 2 aliphatic heterocycles. The molecule has 1 saturated heterocycles. The van der Waals surface area contributed by atoms with Gasteiger partial charge in [-0.1, -0.05) is 23.7 Å². The van der Waals surface area contributed by atoms with Gasteiger partial charge in [0, 0.05) is 31.9 Å². The maximum Gasteiger partial charge on any atom is 0.300 e. The summed E-state index contributed by atoms with van der Waals surface area (Å²) in [6, 6.07) is 8.24. The average molecular weight is 459 g/mol. The van der Waals surface area contributed by atoms with Gasteiger partial charge in [-0.05, 0) is 43.2 Å². The van der Waals surface area contributed by atoms with Crippen molar-refractivity contribution >= 4 is 40.6 Å². The van der Waals surface area contributed by atoms with E-state index in [1.165, 1.54) is 6.07 Å². The van der Waals surface area contributed by atoms with E-state index >= 15 is 0 Å². The molecular formula is C23H24ClFN4O3. The molecule has 32 heavy (non-hydrogen) atoms. The Hall–Kier alpha value is -2.81. The highest BCUT2D eigenvalue weighted by Crippen LogP contribution is 2.36. The maximum atomic E-state index is 14.4. The molecule has 0 radical (unpaired) electrons. The van der Waals surface area contributed by atoms with Gasteiger partial charge in [-0.25, -0.2) is 4.39 Å². The third-order valence-electron chi connectivity index (χ3n) is 6.07. The molecule has 4 rings (SSSR count). The van der Waals surface area contributed by atoms with Gasteiger partial charge in [0.2, 0.25) is 5.91 Å². The Labute approximate surface area is 190 Å². The lowest BCUT2D eigenvalue weighted by Crippen LogP contribution is -2.52. The van der Waals surface area contributed by atoms with Crippen LogP contribution in [-0.2, 0) is 9.59 Å². The number of ketones is 1. The quantitative estimate of drug-likeness (QED) is 0.697. The molecular weight excluding hydrogens is 435 g/mol. The van der Waals surface area contributed by atoms with Crippen molar-refractivity contribution < 1.29 is 18.8 Å². The number of piperazine rings is 1. The number of anilines is 2. The molecule has 0 aromatic heterocycles. The molecule has 2 heterocycles. The summed E-state index contributed by atoms with van der Waals surface area (Å²) >= 11 is 6.03. The van der Waals surface area contributed by atoms with Gasteiger partial charge >= 0.3 is 5.91 Å². The largest absolute Gasteiger partial charge is 0.325 e. The second-order valence-corrected chi connectivity index (χ2v) is 8.55. The standard InChI is InChI=1S/C23H24ClFN4O3/c1-14-4-3-5-18(15(14)2)26-19(30)12-27-8-10-28(11-9-27)13-29-21-17(25)7-6-16(24)20(21)22(31)23(29)32/h3-7H,8-13H2,1-2H3,(H,26,30). The molecule has 1 N–H and O–H groups in total. The maximum absolute atomic E-state index is 14.4. The number of nitrogens with one attached hydrogen (secondary N) is 1. The molecule has 2 aromatic carbocycles. The number of Topliss-reactive ketones (excluding diaryl/α,β-unsaturated/α-hetero) is 1. The molecule has 168 valence electrons. The summed E-state index contributed by atoms with van der Waals surface area (Å²) < 4.78 is 14.4. The predicted octanol–water partition coefficient (Wildman–Crippen LogP) is 2.84. The lowest BCUT2D eigenvalue weighted by molar-refractivity contribution is -0.117. The van der Waals surface area contributed by atoms with Gasteiger partial charge in [-0.2, -0.15) is 0 Å². The third kappa shape index (κ3) is 4.26. The molecule has 2 aliphatic rings. The van der Waals surface area contributed by atoms with E-state index in [1.54, 1.807) is 0 Å². The zero-order chi connectivity index (χ0) is 23.0. The van der Waals surface area contributed by atoms with Crippen molar-refractivity contribution in [3.63, 3.8) is 0 Å². The number of carbonyl (C=O) groups excluding carboxylic acids is 3. The van der Waals surface area contributed by atoms with Crippen LogP contribution in [0.5, 0.6) is 0 Å². The van der Waals surface area contributed by atoms with Crippen molar-refractivity contribution in [3.8, 4) is 0 Å². The second kappa shape index (κ2) is 8.97. The number of nitrogens with zero attached hydrogens (tertiary/aromatic N) is 3. The minimum atomic E-state index is -0.786. The molecule has 0 saturated carbocycles. The zero-order valence-corrected chi connectivity index (χ0v) is 18.7. The zero-order valence-electron chi connectivity index (χ0n) is 18.0. The minimum Gasteiger partial charge on any atom is -0.325 e. The topological polar surface area (TPSA) is 73.0 Å². The Kier molecular flexibility index (Phi) is 6.28. The number of hydrogen-bond donors (Lipinski definition) is 1. The van der Waals surface area contributed by atoms with Crippen LogP contribution < -0.4 is 10.2 Å². The van der Waals surface area contributed by atoms with Gasteiger partial charge < -0.3 is 5.32 Å². The van der Waals surface area contributed by atoms with Crippen molar-refractivity contribution in [1.29, 1.82) is 0 Å². The van der Waals surface area contributed by atoms with Gasteiger partial charge in [0.05, 0.1) is 29.5 Å². The van der Waals surface area contributed by atoms with Gasteiger partial charge in [-0.15, -0.1) is 0 Å². The van der Waals surface area contributed by atoms with Crippen molar-refractivity contribution in [2.75, 3.05) is 49.6 Å². The molecule has 7 nitrogen and oxygen atoms in total. The van der Waals surface area contributed by atoms with Crippen LogP contribution in [0.2, 0.25) is 5.02 Å². The number of amides is 2. The predicted molar refractivity (Wildman–Crippen MR) is 121 cm³/mol. The molecule has 1 fully saturated rings. The van der Waals surface area contributed by atoms with Crippen molar-refractivity contribution in [3.05, 3.63) is 57.9 Å². The lowest BCUT2D eigenvalue weighted by atomic mass is 10.1. The first-order chi connectivity index (χ1) is 15.3. The number of carbonyl (C=O) groups is 3. The number of aryl methyl sites for hydroxylation is 1. The van der Waals surface area contributed by atoms with Gasteiger partial charge in [-0.3, -0.25) is 29.1 Å².